The van der Waals surface area contributed by atoms with Crippen LogP contribution in [0.15, 0.2) is 255 Å². The molecule has 0 aliphatic carbocycles. The van der Waals surface area contributed by atoms with Gasteiger partial charge in [-0.2, -0.15) is 0 Å². The fourth-order valence-electron chi connectivity index (χ4n) is 10.8. The summed E-state index contributed by atoms with van der Waals surface area (Å²) in [5, 5.41) is 13.2. The number of thiazole rings is 1. The van der Waals surface area contributed by atoms with Crippen molar-refractivity contribution in [3.8, 4) is 96.4 Å². The zero-order valence-corrected chi connectivity index (χ0v) is 70.1. The number of rotatable bonds is 23. The Labute approximate surface area is 680 Å². The standard InChI is InChI=1S/C31H31N3O6S.C29H31N3O5S2.C25H28N2O7S2/c1-31(2,3)33-30(36)34-41(37,38)28-20-23(29(35)32-24-10-6-5-7-11-24)15-18-27(28)40-26-12-8-9-22(19-26)21-13-16-25(39-4)17-14-21;1-6-27-30-24(18-38-27)21-12-15-25(26(17-21)39(34,35)32-28(33)31-29(2,3)4)37-23-9-7-8-20(16-23)19-10-13-22(36-5)14-11-19;1-25(2,3)26-24(28)27-36(31,32)23-16-21(35(5,29)30)13-14-22(23)34-20-8-6-7-18(15-20)17-9-11-19(33-4)12-10-17/h5-20H,1-4H3,(H,32,35)(H2,33,34,36);7-18H,6H2,1-5H3,(H2,31,32,33);6-16H,1-5H3,(H2,26,27,28). The third-order valence-corrected chi connectivity index (χ3v) is 22.3. The third-order valence-electron chi connectivity index (χ3n) is 16.1. The maximum absolute atomic E-state index is 13.5. The van der Waals surface area contributed by atoms with Gasteiger partial charge in [0, 0.05) is 45.1 Å². The van der Waals surface area contributed by atoms with E-state index in [1.807, 2.05) is 131 Å². The van der Waals surface area contributed by atoms with E-state index in [1.165, 1.54) is 47.7 Å². The highest BCUT2D eigenvalue weighted by atomic mass is 32.2. The fourth-order valence-corrected chi connectivity index (χ4v) is 15.5. The number of para-hydroxylation sites is 1. The number of sulfone groups is 1. The second kappa shape index (κ2) is 37.3. The summed E-state index contributed by atoms with van der Waals surface area (Å²) in [6.45, 7) is 17.5. The van der Waals surface area contributed by atoms with Crippen LogP contribution < -0.4 is 63.9 Å². The van der Waals surface area contributed by atoms with Gasteiger partial charge in [0.25, 0.3) is 36.0 Å². The molecule has 0 atom stereocenters. The van der Waals surface area contributed by atoms with Gasteiger partial charge in [-0.1, -0.05) is 97.9 Å². The molecule has 0 saturated heterocycles. The zero-order chi connectivity index (χ0) is 84.6. The molecule has 0 unspecified atom stereocenters. The Balaban J connectivity index is 0.000000199. The number of anilines is 1. The second-order valence-corrected chi connectivity index (χ2v) is 36.9. The van der Waals surface area contributed by atoms with E-state index in [0.717, 1.165) is 68.6 Å². The van der Waals surface area contributed by atoms with Crippen LogP contribution in [0.3, 0.4) is 0 Å². The zero-order valence-electron chi connectivity index (χ0n) is 66.1. The van der Waals surface area contributed by atoms with Gasteiger partial charge in [0.15, 0.2) is 9.84 Å². The number of hydrogen-bond donors (Lipinski definition) is 7. The number of sulfonamides is 3. The van der Waals surface area contributed by atoms with E-state index < -0.39 is 85.4 Å². The molecule has 0 aliphatic heterocycles. The number of amides is 7. The molecule has 608 valence electrons. The van der Waals surface area contributed by atoms with Crippen LogP contribution >= 0.6 is 11.3 Å². The summed E-state index contributed by atoms with van der Waals surface area (Å²) in [5.74, 6) is 2.61. The van der Waals surface area contributed by atoms with Crippen LogP contribution in [0.2, 0.25) is 0 Å². The van der Waals surface area contributed by atoms with Gasteiger partial charge in [0.1, 0.15) is 66.4 Å². The number of benzene rings is 10. The number of ether oxygens (including phenoxy) is 6. The molecular weight excluding hydrogens is 1580 g/mol. The Morgan fingerprint density at radius 1 is 0.379 bits per heavy atom. The normalized spacial score (nSPS) is 11.6. The molecule has 0 bridgehead atoms. The lowest BCUT2D eigenvalue weighted by Gasteiger charge is -2.21. The molecule has 1 heterocycles. The average Bonchev–Trinajstić information content (AvgIpc) is 0.989. The molecule has 10 aromatic carbocycles. The number of aryl methyl sites for hydroxylation is 1. The van der Waals surface area contributed by atoms with Crippen LogP contribution in [-0.2, 0) is 46.3 Å². The van der Waals surface area contributed by atoms with Crippen molar-refractivity contribution in [2.75, 3.05) is 32.9 Å². The molecule has 7 N–H and O–H groups in total. The largest absolute Gasteiger partial charge is 0.497 e. The molecule has 26 nitrogen and oxygen atoms in total. The van der Waals surface area contributed by atoms with Gasteiger partial charge in [-0.15, -0.1) is 11.3 Å². The maximum atomic E-state index is 13.5. The number of carbonyl (C=O) groups excluding carboxylic acids is 4. The number of hydrogen-bond acceptors (Lipinski definition) is 20. The van der Waals surface area contributed by atoms with Crippen LogP contribution in [0.25, 0.3) is 44.6 Å². The van der Waals surface area contributed by atoms with Crippen molar-refractivity contribution < 1.29 is 81.3 Å². The molecule has 0 radical (unpaired) electrons. The highest BCUT2D eigenvalue weighted by Crippen LogP contribution is 2.39. The smallest absolute Gasteiger partial charge is 0.329 e. The van der Waals surface area contributed by atoms with Crippen LogP contribution in [0.5, 0.6) is 51.7 Å². The highest BCUT2D eigenvalue weighted by Gasteiger charge is 2.31. The van der Waals surface area contributed by atoms with Gasteiger partial charge in [-0.3, -0.25) is 4.79 Å². The third kappa shape index (κ3) is 25.4. The lowest BCUT2D eigenvalue weighted by molar-refractivity contribution is 0.102. The Morgan fingerprint density at radius 3 is 1.09 bits per heavy atom. The van der Waals surface area contributed by atoms with E-state index in [-0.39, 0.29) is 37.5 Å². The molecule has 7 amide bonds. The van der Waals surface area contributed by atoms with Gasteiger partial charge in [0.2, 0.25) is 0 Å². The molecule has 0 aliphatic rings. The number of urea groups is 3. The van der Waals surface area contributed by atoms with Crippen LogP contribution in [0.1, 0.15) is 84.6 Å². The summed E-state index contributed by atoms with van der Waals surface area (Å²) in [6, 6.07) is 62.1. The maximum Gasteiger partial charge on any atom is 0.329 e. The Morgan fingerprint density at radius 2 is 0.733 bits per heavy atom. The first kappa shape index (κ1) is 87.7. The number of nitrogens with zero attached hydrogens (tertiary/aromatic N) is 1. The molecule has 0 spiro atoms. The summed E-state index contributed by atoms with van der Waals surface area (Å²) in [6.07, 6.45) is 1.73. The Hall–Kier alpha value is -12.3. The molecule has 31 heteroatoms. The molecule has 1 aromatic heterocycles. The first-order valence-electron chi connectivity index (χ1n) is 35.8. The lowest BCUT2D eigenvalue weighted by atomic mass is 10.1. The van der Waals surface area contributed by atoms with E-state index in [9.17, 15) is 52.8 Å². The fraction of sp³-hybridized carbons (Fsp3) is 0.212. The van der Waals surface area contributed by atoms with Crippen LogP contribution in [0, 0.1) is 0 Å². The molecule has 11 aromatic rings. The molecule has 0 fully saturated rings. The molecule has 0 saturated carbocycles. The summed E-state index contributed by atoms with van der Waals surface area (Å²) >= 11 is 1.50. The summed E-state index contributed by atoms with van der Waals surface area (Å²) in [7, 11) is -12.2. The Bertz CT molecular complexity index is 5830. The summed E-state index contributed by atoms with van der Waals surface area (Å²) in [5.41, 5.74) is 5.08. The minimum absolute atomic E-state index is 0.0600. The minimum Gasteiger partial charge on any atom is -0.497 e. The van der Waals surface area contributed by atoms with E-state index in [0.29, 0.717) is 39.9 Å². The van der Waals surface area contributed by atoms with Crippen molar-refractivity contribution >= 4 is 80.9 Å². The minimum atomic E-state index is -4.50. The highest BCUT2D eigenvalue weighted by molar-refractivity contribution is 7.91. The number of carbonyl (C=O) groups is 4. The van der Waals surface area contributed by atoms with Crippen molar-refractivity contribution in [1.82, 2.24) is 35.1 Å². The summed E-state index contributed by atoms with van der Waals surface area (Å²) in [4.78, 5) is 53.5. The number of methoxy groups -OCH3 is 3. The first-order chi connectivity index (χ1) is 54.6. The lowest BCUT2D eigenvalue weighted by Crippen LogP contribution is -2.48. The van der Waals surface area contributed by atoms with Crippen molar-refractivity contribution in [3.63, 3.8) is 0 Å². The topological polar surface area (TPSA) is 357 Å². The number of nitrogens with one attached hydrogen (secondary N) is 7. The number of aromatic nitrogens is 1. The molecule has 116 heavy (non-hydrogen) atoms. The van der Waals surface area contributed by atoms with Gasteiger partial charge in [0.05, 0.1) is 36.9 Å². The summed E-state index contributed by atoms with van der Waals surface area (Å²) < 4.78 is 144. The van der Waals surface area contributed by atoms with Crippen molar-refractivity contribution in [3.05, 3.63) is 246 Å². The SMILES string of the molecule is CCc1nc(-c2ccc(Oc3cccc(-c4ccc(OC)cc4)c3)c(S(=O)(=O)NC(=O)NC(C)(C)C)c2)cs1.COc1ccc(-c2cccc(Oc3ccc(C(=O)Nc4ccccc4)cc3S(=O)(=O)NC(=O)NC(C)(C)C)c2)cc1.COc1ccc(-c2cccc(Oc3ccc(S(C)(=O)=O)cc3S(=O)(=O)NC(=O)NC(C)(C)C)c2)cc1. The molecule has 11 rings (SSSR count). The molecular formula is C85H90N8O18S5. The predicted octanol–water partition coefficient (Wildman–Crippen LogP) is 17.2. The van der Waals surface area contributed by atoms with Gasteiger partial charge in [-0.25, -0.2) is 67.2 Å². The van der Waals surface area contributed by atoms with Gasteiger partial charge in [-0.05, 0) is 242 Å². The van der Waals surface area contributed by atoms with E-state index in [4.69, 9.17) is 28.4 Å². The second-order valence-electron chi connectivity index (χ2n) is 29.0. The van der Waals surface area contributed by atoms with Crippen molar-refractivity contribution in [2.45, 2.75) is 112 Å². The Kier molecular flexibility index (Phi) is 28.2. The predicted molar refractivity (Wildman–Crippen MR) is 449 cm³/mol. The van der Waals surface area contributed by atoms with Gasteiger partial charge >= 0.3 is 18.1 Å². The first-order valence-corrected chi connectivity index (χ1v) is 43.1. The van der Waals surface area contributed by atoms with E-state index >= 15 is 0 Å². The van der Waals surface area contributed by atoms with Crippen LogP contribution in [-0.4, -0.2) is 107 Å². The van der Waals surface area contributed by atoms with Crippen molar-refractivity contribution in [1.29, 1.82) is 0 Å². The van der Waals surface area contributed by atoms with Crippen molar-refractivity contribution in [2.24, 2.45) is 0 Å². The van der Waals surface area contributed by atoms with E-state index in [1.54, 1.807) is 163 Å². The quantitative estimate of drug-likeness (QED) is 0.0313. The monoisotopic (exact) mass is 1670 g/mol. The van der Waals surface area contributed by atoms with Crippen LogP contribution in [0.4, 0.5) is 20.1 Å². The average molecular weight is 1670 g/mol. The van der Waals surface area contributed by atoms with Gasteiger partial charge < -0.3 is 49.7 Å². The van der Waals surface area contributed by atoms with E-state index in [2.05, 4.69) is 31.0 Å².